The van der Waals surface area contributed by atoms with Crippen molar-refractivity contribution in [3.8, 4) is 0 Å². The van der Waals surface area contributed by atoms with Gasteiger partial charge in [-0.25, -0.2) is 0 Å². The molecular formula is C16H20Cl2N2S. The molecule has 0 aliphatic carbocycles. The van der Waals surface area contributed by atoms with Gasteiger partial charge in [0.15, 0.2) is 0 Å². The number of thiophene rings is 1. The van der Waals surface area contributed by atoms with Gasteiger partial charge in [0.25, 0.3) is 0 Å². The normalized spacial score (nSPS) is 13.4. The van der Waals surface area contributed by atoms with E-state index in [1.54, 1.807) is 0 Å². The summed E-state index contributed by atoms with van der Waals surface area (Å²) in [6.07, 6.45) is 0.772. The van der Waals surface area contributed by atoms with Crippen molar-refractivity contribution >= 4 is 34.5 Å². The Balaban J connectivity index is 2.17. The second-order valence-electron chi connectivity index (χ2n) is 6.15. The fourth-order valence-corrected chi connectivity index (χ4v) is 3.80. The van der Waals surface area contributed by atoms with E-state index in [1.807, 2.05) is 6.07 Å². The Morgan fingerprint density at radius 3 is 2.24 bits per heavy atom. The molecule has 2 aromatic rings. The Morgan fingerprint density at radius 1 is 1.19 bits per heavy atom. The number of benzene rings is 1. The van der Waals surface area contributed by atoms with E-state index < -0.39 is 0 Å². The average Bonchev–Trinajstić information content (AvgIpc) is 2.74. The van der Waals surface area contributed by atoms with Gasteiger partial charge in [-0.3, -0.25) is 11.3 Å². The zero-order valence-electron chi connectivity index (χ0n) is 12.4. The lowest BCUT2D eigenvalue weighted by atomic mass is 9.86. The fourth-order valence-electron chi connectivity index (χ4n) is 2.23. The molecule has 3 N–H and O–H groups in total. The molecule has 0 spiro atoms. The highest BCUT2D eigenvalue weighted by Crippen LogP contribution is 2.36. The van der Waals surface area contributed by atoms with Gasteiger partial charge >= 0.3 is 0 Å². The summed E-state index contributed by atoms with van der Waals surface area (Å²) in [5, 5.41) is 0. The first-order chi connectivity index (χ1) is 9.81. The smallest absolute Gasteiger partial charge is 0.0992 e. The summed E-state index contributed by atoms with van der Waals surface area (Å²) in [6.45, 7) is 6.62. The van der Waals surface area contributed by atoms with E-state index in [0.29, 0.717) is 8.67 Å². The minimum Gasteiger partial charge on any atom is -0.271 e. The molecule has 1 unspecified atom stereocenters. The predicted molar refractivity (Wildman–Crippen MR) is 93.2 cm³/mol. The molecule has 0 saturated carbocycles. The molecule has 0 aliphatic rings. The molecule has 0 bridgehead atoms. The Kier molecular flexibility index (Phi) is 5.33. The van der Waals surface area contributed by atoms with Crippen LogP contribution in [0.3, 0.4) is 0 Å². The van der Waals surface area contributed by atoms with Crippen LogP contribution in [0.4, 0.5) is 0 Å². The zero-order valence-corrected chi connectivity index (χ0v) is 14.7. The van der Waals surface area contributed by atoms with Gasteiger partial charge in [0.2, 0.25) is 0 Å². The van der Waals surface area contributed by atoms with Crippen molar-refractivity contribution < 1.29 is 0 Å². The highest BCUT2D eigenvalue weighted by molar-refractivity contribution is 7.20. The summed E-state index contributed by atoms with van der Waals surface area (Å²) in [6, 6.07) is 10.5. The Morgan fingerprint density at radius 2 is 1.81 bits per heavy atom. The molecule has 5 heteroatoms. The third kappa shape index (κ3) is 4.21. The lowest BCUT2D eigenvalue weighted by Gasteiger charge is -2.20. The topological polar surface area (TPSA) is 38.0 Å². The van der Waals surface area contributed by atoms with Crippen LogP contribution in [0.25, 0.3) is 0 Å². The van der Waals surface area contributed by atoms with Crippen molar-refractivity contribution in [2.45, 2.75) is 38.6 Å². The van der Waals surface area contributed by atoms with E-state index in [2.05, 4.69) is 50.5 Å². The lowest BCUT2D eigenvalue weighted by molar-refractivity contribution is 0.552. The number of hydrogen-bond donors (Lipinski definition) is 2. The minimum atomic E-state index is -0.0401. The molecule has 1 aromatic carbocycles. The summed E-state index contributed by atoms with van der Waals surface area (Å²) < 4.78 is 1.37. The van der Waals surface area contributed by atoms with Crippen LogP contribution in [-0.2, 0) is 11.8 Å². The van der Waals surface area contributed by atoms with Gasteiger partial charge in [-0.15, -0.1) is 11.3 Å². The van der Waals surface area contributed by atoms with E-state index in [4.69, 9.17) is 29.0 Å². The first kappa shape index (κ1) is 16.8. The van der Waals surface area contributed by atoms with Crippen LogP contribution in [0, 0.1) is 0 Å². The Hall–Kier alpha value is -0.580. The van der Waals surface area contributed by atoms with Crippen LogP contribution in [0.1, 0.15) is 43.5 Å². The van der Waals surface area contributed by atoms with Gasteiger partial charge in [0.05, 0.1) is 14.7 Å². The van der Waals surface area contributed by atoms with E-state index in [-0.39, 0.29) is 11.5 Å². The molecule has 0 amide bonds. The lowest BCUT2D eigenvalue weighted by Crippen LogP contribution is -2.29. The molecule has 0 radical (unpaired) electrons. The van der Waals surface area contributed by atoms with Crippen molar-refractivity contribution in [1.82, 2.24) is 5.43 Å². The molecule has 114 valence electrons. The van der Waals surface area contributed by atoms with Crippen molar-refractivity contribution in [2.75, 3.05) is 0 Å². The number of hydrazine groups is 1. The molecular weight excluding hydrogens is 323 g/mol. The van der Waals surface area contributed by atoms with Crippen LogP contribution >= 0.6 is 34.5 Å². The monoisotopic (exact) mass is 342 g/mol. The third-order valence-corrected chi connectivity index (χ3v) is 5.04. The van der Waals surface area contributed by atoms with Crippen molar-refractivity contribution in [3.05, 3.63) is 55.7 Å². The Labute approximate surface area is 140 Å². The van der Waals surface area contributed by atoms with Gasteiger partial charge in [0.1, 0.15) is 0 Å². The van der Waals surface area contributed by atoms with Gasteiger partial charge < -0.3 is 0 Å². The summed E-state index contributed by atoms with van der Waals surface area (Å²) >= 11 is 13.6. The summed E-state index contributed by atoms with van der Waals surface area (Å²) in [5.41, 5.74) is 6.48. The van der Waals surface area contributed by atoms with Gasteiger partial charge in [-0.2, -0.15) is 0 Å². The van der Waals surface area contributed by atoms with Gasteiger partial charge in [-0.05, 0) is 29.0 Å². The maximum atomic E-state index is 6.21. The average molecular weight is 343 g/mol. The molecule has 0 aliphatic heterocycles. The van der Waals surface area contributed by atoms with Gasteiger partial charge in [-0.1, -0.05) is 68.2 Å². The number of nitrogens with two attached hydrogens (primary N) is 1. The zero-order chi connectivity index (χ0) is 15.6. The molecule has 2 rings (SSSR count). The quantitative estimate of drug-likeness (QED) is 0.599. The highest BCUT2D eigenvalue weighted by atomic mass is 35.5. The molecule has 1 aromatic heterocycles. The van der Waals surface area contributed by atoms with Crippen molar-refractivity contribution in [3.63, 3.8) is 0 Å². The van der Waals surface area contributed by atoms with Crippen LogP contribution < -0.4 is 11.3 Å². The number of halogens is 2. The number of nitrogens with one attached hydrogen (secondary N) is 1. The second kappa shape index (κ2) is 6.67. The first-order valence-electron chi connectivity index (χ1n) is 6.81. The largest absolute Gasteiger partial charge is 0.271 e. The molecule has 1 heterocycles. The minimum absolute atomic E-state index is 0.0401. The van der Waals surface area contributed by atoms with E-state index in [0.717, 1.165) is 12.0 Å². The van der Waals surface area contributed by atoms with Crippen LogP contribution in [0.15, 0.2) is 30.3 Å². The fraction of sp³-hybridized carbons (Fsp3) is 0.375. The van der Waals surface area contributed by atoms with E-state index in [9.17, 15) is 0 Å². The standard InChI is InChI=1S/C16H20Cl2N2S/c1-16(2,3)11-6-4-10(5-7-11)8-13(20-19)12-9-14(17)21-15(12)18/h4-7,9,13,20H,8,19H2,1-3H3. The summed E-state index contributed by atoms with van der Waals surface area (Å²) in [4.78, 5) is 0. The summed E-state index contributed by atoms with van der Waals surface area (Å²) in [5.74, 6) is 5.68. The van der Waals surface area contributed by atoms with Crippen LogP contribution in [-0.4, -0.2) is 0 Å². The second-order valence-corrected chi connectivity index (χ2v) is 8.44. The molecule has 1 atom stereocenters. The predicted octanol–water partition coefficient (Wildman–Crippen LogP) is 5.10. The van der Waals surface area contributed by atoms with E-state index >= 15 is 0 Å². The van der Waals surface area contributed by atoms with Crippen molar-refractivity contribution in [2.24, 2.45) is 5.84 Å². The maximum absolute atomic E-state index is 6.21. The first-order valence-corrected chi connectivity index (χ1v) is 8.39. The van der Waals surface area contributed by atoms with Gasteiger partial charge in [0, 0.05) is 5.56 Å². The number of hydrogen-bond acceptors (Lipinski definition) is 3. The third-order valence-electron chi connectivity index (χ3n) is 3.52. The van der Waals surface area contributed by atoms with Crippen LogP contribution in [0.5, 0.6) is 0 Å². The molecule has 0 fully saturated rings. The maximum Gasteiger partial charge on any atom is 0.0992 e. The van der Waals surface area contributed by atoms with Crippen LogP contribution in [0.2, 0.25) is 8.67 Å². The van der Waals surface area contributed by atoms with Crippen molar-refractivity contribution in [1.29, 1.82) is 0 Å². The molecule has 2 nitrogen and oxygen atoms in total. The van der Waals surface area contributed by atoms with E-state index in [1.165, 1.54) is 22.5 Å². The summed E-state index contributed by atoms with van der Waals surface area (Å²) in [7, 11) is 0. The number of rotatable bonds is 4. The molecule has 0 saturated heterocycles. The SMILES string of the molecule is CC(C)(C)c1ccc(CC(NN)c2cc(Cl)sc2Cl)cc1. The molecule has 21 heavy (non-hydrogen) atoms. The highest BCUT2D eigenvalue weighted by Gasteiger charge is 2.18. The Bertz CT molecular complexity index is 600.